The second-order valence-electron chi connectivity index (χ2n) is 6.67. The van der Waals surface area contributed by atoms with Crippen LogP contribution in [0.2, 0.25) is 0 Å². The normalized spacial score (nSPS) is 12.5. The lowest BCUT2D eigenvalue weighted by Gasteiger charge is -2.21. The Morgan fingerprint density at radius 2 is 1.93 bits per heavy atom. The van der Waals surface area contributed by atoms with Crippen molar-refractivity contribution in [2.75, 3.05) is 13.2 Å². The van der Waals surface area contributed by atoms with Gasteiger partial charge in [0.1, 0.15) is 6.54 Å². The fourth-order valence-electron chi connectivity index (χ4n) is 3.37. The molecule has 8 heteroatoms. The number of nitrogens with one attached hydrogen (secondary N) is 1. The van der Waals surface area contributed by atoms with Gasteiger partial charge in [-0.25, -0.2) is 9.48 Å². The summed E-state index contributed by atoms with van der Waals surface area (Å²) in [6, 6.07) is 15.8. The molecule has 0 spiro atoms. The first kappa shape index (κ1) is 18.7. The zero-order chi connectivity index (χ0) is 20.2. The van der Waals surface area contributed by atoms with Gasteiger partial charge in [-0.1, -0.05) is 41.6 Å². The van der Waals surface area contributed by atoms with E-state index in [0.717, 1.165) is 28.1 Å². The number of rotatable bonds is 4. The Morgan fingerprint density at radius 3 is 2.72 bits per heavy atom. The van der Waals surface area contributed by atoms with Crippen LogP contribution in [-0.2, 0) is 22.6 Å². The van der Waals surface area contributed by atoms with Crippen LogP contribution in [0.4, 0.5) is 4.79 Å². The van der Waals surface area contributed by atoms with Crippen LogP contribution in [0.15, 0.2) is 54.7 Å². The summed E-state index contributed by atoms with van der Waals surface area (Å²) in [4.78, 5) is 25.9. The van der Waals surface area contributed by atoms with Crippen molar-refractivity contribution < 1.29 is 14.3 Å². The number of urea groups is 1. The maximum absolute atomic E-state index is 12.7. The fraction of sp³-hybridized carbons (Fsp3) is 0.238. The maximum atomic E-state index is 12.7. The van der Waals surface area contributed by atoms with Crippen LogP contribution in [-0.4, -0.2) is 45.0 Å². The summed E-state index contributed by atoms with van der Waals surface area (Å²) in [6.07, 6.45) is 1.64. The van der Waals surface area contributed by atoms with Crippen LogP contribution in [0, 0.1) is 0 Å². The minimum absolute atomic E-state index is 0.169. The van der Waals surface area contributed by atoms with Crippen LogP contribution in [0.3, 0.4) is 0 Å². The highest BCUT2D eigenvalue weighted by Crippen LogP contribution is 2.28. The highest BCUT2D eigenvalue weighted by atomic mass is 16.5. The molecule has 0 unspecified atom stereocenters. The van der Waals surface area contributed by atoms with Crippen LogP contribution < -0.4 is 5.32 Å². The van der Waals surface area contributed by atoms with Crippen molar-refractivity contribution in [3.8, 4) is 16.8 Å². The number of hydrogen-bond acceptors (Lipinski definition) is 5. The van der Waals surface area contributed by atoms with E-state index in [2.05, 4.69) is 21.7 Å². The second kappa shape index (κ2) is 8.14. The van der Waals surface area contributed by atoms with E-state index >= 15 is 0 Å². The third-order valence-electron chi connectivity index (χ3n) is 4.73. The van der Waals surface area contributed by atoms with Gasteiger partial charge in [-0.2, -0.15) is 0 Å². The van der Waals surface area contributed by atoms with Crippen LogP contribution in [0.25, 0.3) is 16.8 Å². The SMILES string of the molecule is CCOC(=O)CNC(=O)N1Cc2cc(-c3ccccc3)ccc2-n2nncc2C1. The van der Waals surface area contributed by atoms with Crippen molar-refractivity contribution in [2.24, 2.45) is 0 Å². The molecule has 29 heavy (non-hydrogen) atoms. The Balaban J connectivity index is 1.63. The Kier molecular flexibility index (Phi) is 5.24. The maximum Gasteiger partial charge on any atom is 0.325 e. The Hall–Kier alpha value is -3.68. The van der Waals surface area contributed by atoms with Crippen molar-refractivity contribution in [1.82, 2.24) is 25.2 Å². The molecule has 0 fully saturated rings. The lowest BCUT2D eigenvalue weighted by Crippen LogP contribution is -2.41. The number of aromatic nitrogens is 3. The average molecular weight is 391 g/mol. The summed E-state index contributed by atoms with van der Waals surface area (Å²) >= 11 is 0. The first-order chi connectivity index (χ1) is 14.2. The number of carbonyl (C=O) groups is 2. The molecule has 0 radical (unpaired) electrons. The lowest BCUT2D eigenvalue weighted by atomic mass is 10.0. The van der Waals surface area contributed by atoms with Gasteiger partial charge in [0, 0.05) is 6.54 Å². The van der Waals surface area contributed by atoms with E-state index in [9.17, 15) is 9.59 Å². The summed E-state index contributed by atoms with van der Waals surface area (Å²) in [5, 5.41) is 10.8. The van der Waals surface area contributed by atoms with E-state index in [-0.39, 0.29) is 19.2 Å². The Bertz CT molecular complexity index is 1030. The van der Waals surface area contributed by atoms with Crippen molar-refractivity contribution >= 4 is 12.0 Å². The largest absolute Gasteiger partial charge is 0.465 e. The molecular weight excluding hydrogens is 370 g/mol. The van der Waals surface area contributed by atoms with Crippen molar-refractivity contribution in [3.05, 3.63) is 66.0 Å². The summed E-state index contributed by atoms with van der Waals surface area (Å²) < 4.78 is 6.63. The van der Waals surface area contributed by atoms with Gasteiger partial charge in [0.05, 0.1) is 30.7 Å². The van der Waals surface area contributed by atoms with Crippen LogP contribution >= 0.6 is 0 Å². The van der Waals surface area contributed by atoms with E-state index in [4.69, 9.17) is 4.74 Å². The van der Waals surface area contributed by atoms with E-state index in [1.807, 2.05) is 42.5 Å². The summed E-state index contributed by atoms with van der Waals surface area (Å²) in [7, 11) is 0. The zero-order valence-electron chi connectivity index (χ0n) is 16.0. The van der Waals surface area contributed by atoms with Crippen molar-refractivity contribution in [3.63, 3.8) is 0 Å². The topological polar surface area (TPSA) is 89.4 Å². The predicted octanol–water partition coefficient (Wildman–Crippen LogP) is 2.52. The molecule has 0 saturated carbocycles. The molecule has 4 rings (SSSR count). The molecule has 2 heterocycles. The number of amides is 2. The smallest absolute Gasteiger partial charge is 0.325 e. The Labute approximate surface area is 168 Å². The second-order valence-corrected chi connectivity index (χ2v) is 6.67. The molecule has 0 aliphatic carbocycles. The minimum Gasteiger partial charge on any atom is -0.465 e. The number of carbonyl (C=O) groups excluding carboxylic acids is 2. The van der Waals surface area contributed by atoms with Gasteiger partial charge < -0.3 is 15.0 Å². The standard InChI is InChI=1S/C21H21N5O3/c1-2-29-20(27)12-22-21(28)25-13-17-10-16(15-6-4-3-5-7-15)8-9-19(17)26-18(14-25)11-23-24-26/h3-11H,2,12-14H2,1H3,(H,22,28). The van der Waals surface area contributed by atoms with Crippen LogP contribution in [0.1, 0.15) is 18.2 Å². The minimum atomic E-state index is -0.464. The molecule has 1 N–H and O–H groups in total. The molecule has 2 amide bonds. The molecule has 0 saturated heterocycles. The molecule has 148 valence electrons. The summed E-state index contributed by atoms with van der Waals surface area (Å²) in [5.74, 6) is -0.464. The van der Waals surface area contributed by atoms with Gasteiger partial charge in [0.25, 0.3) is 0 Å². The quantitative estimate of drug-likeness (QED) is 0.691. The monoisotopic (exact) mass is 391 g/mol. The first-order valence-electron chi connectivity index (χ1n) is 9.42. The molecule has 3 aromatic rings. The highest BCUT2D eigenvalue weighted by molar-refractivity contribution is 5.81. The molecular formula is C21H21N5O3. The van der Waals surface area contributed by atoms with Gasteiger partial charge in [0.2, 0.25) is 0 Å². The number of esters is 1. The van der Waals surface area contributed by atoms with Gasteiger partial charge in [-0.3, -0.25) is 4.79 Å². The number of nitrogens with zero attached hydrogens (tertiary/aromatic N) is 4. The Morgan fingerprint density at radius 1 is 1.10 bits per heavy atom. The van der Waals surface area contributed by atoms with Crippen molar-refractivity contribution in [1.29, 1.82) is 0 Å². The van der Waals surface area contributed by atoms with Gasteiger partial charge in [-0.15, -0.1) is 5.10 Å². The average Bonchev–Trinajstić information content (AvgIpc) is 3.14. The molecule has 8 nitrogen and oxygen atoms in total. The van der Waals surface area contributed by atoms with Crippen LogP contribution in [0.5, 0.6) is 0 Å². The summed E-state index contributed by atoms with van der Waals surface area (Å²) in [6.45, 7) is 2.55. The molecule has 0 atom stereocenters. The molecule has 1 aliphatic rings. The van der Waals surface area contributed by atoms with E-state index in [1.165, 1.54) is 0 Å². The van der Waals surface area contributed by atoms with E-state index in [0.29, 0.717) is 13.1 Å². The number of hydrogen-bond donors (Lipinski definition) is 1. The third-order valence-corrected chi connectivity index (χ3v) is 4.73. The summed E-state index contributed by atoms with van der Waals surface area (Å²) in [5.41, 5.74) is 4.78. The van der Waals surface area contributed by atoms with Gasteiger partial charge in [0.15, 0.2) is 0 Å². The lowest BCUT2D eigenvalue weighted by molar-refractivity contribution is -0.141. The number of ether oxygens (including phenoxy) is 1. The van der Waals surface area contributed by atoms with Gasteiger partial charge in [-0.05, 0) is 35.7 Å². The first-order valence-corrected chi connectivity index (χ1v) is 9.42. The van der Waals surface area contributed by atoms with Crippen molar-refractivity contribution in [2.45, 2.75) is 20.0 Å². The predicted molar refractivity (Wildman–Crippen MR) is 106 cm³/mol. The van der Waals surface area contributed by atoms with Gasteiger partial charge >= 0.3 is 12.0 Å². The molecule has 1 aromatic heterocycles. The van der Waals surface area contributed by atoms with E-state index in [1.54, 1.807) is 22.7 Å². The molecule has 1 aliphatic heterocycles. The number of fused-ring (bicyclic) bond motifs is 3. The molecule has 0 bridgehead atoms. The van der Waals surface area contributed by atoms with E-state index < -0.39 is 5.97 Å². The number of benzene rings is 2. The highest BCUT2D eigenvalue weighted by Gasteiger charge is 2.24. The zero-order valence-corrected chi connectivity index (χ0v) is 16.0. The fourth-order valence-corrected chi connectivity index (χ4v) is 3.37. The third kappa shape index (κ3) is 3.96. The molecule has 2 aromatic carbocycles.